The fraction of sp³-hybridized carbons (Fsp3) is 0.588. The van der Waals surface area contributed by atoms with Gasteiger partial charge in [0.15, 0.2) is 0 Å². The van der Waals surface area contributed by atoms with Gasteiger partial charge in [0.1, 0.15) is 11.6 Å². The molecule has 0 amide bonds. The van der Waals surface area contributed by atoms with E-state index in [0.717, 1.165) is 11.3 Å². The second-order valence-electron chi connectivity index (χ2n) is 7.57. The summed E-state index contributed by atoms with van der Waals surface area (Å²) in [6, 6.07) is 4.24. The number of fused-ring (bicyclic) bond motifs is 1. The Balaban J connectivity index is 0.00000220. The lowest BCUT2D eigenvalue weighted by Gasteiger charge is -2.25. The third kappa shape index (κ3) is 3.18. The van der Waals surface area contributed by atoms with Crippen LogP contribution in [-0.2, 0) is 10.8 Å². The van der Waals surface area contributed by atoms with E-state index in [0.29, 0.717) is 12.4 Å². The van der Waals surface area contributed by atoms with Gasteiger partial charge in [-0.3, -0.25) is 5.41 Å². The molecule has 0 saturated carbocycles. The highest BCUT2D eigenvalue weighted by Crippen LogP contribution is 2.45. The molecule has 21 heavy (non-hydrogen) atoms. The number of amidine groups is 1. The van der Waals surface area contributed by atoms with Gasteiger partial charge in [-0.2, -0.15) is 0 Å². The van der Waals surface area contributed by atoms with Crippen molar-refractivity contribution in [1.29, 1.82) is 5.41 Å². The minimum atomic E-state index is 0. The molecule has 0 aromatic heterocycles. The van der Waals surface area contributed by atoms with Crippen molar-refractivity contribution in [1.82, 2.24) is 4.90 Å². The van der Waals surface area contributed by atoms with Gasteiger partial charge in [-0.1, -0.05) is 34.6 Å². The molecule has 1 aliphatic rings. The molecule has 1 aliphatic heterocycles. The van der Waals surface area contributed by atoms with Crippen LogP contribution in [0.25, 0.3) is 0 Å². The van der Waals surface area contributed by atoms with Gasteiger partial charge in [0.25, 0.3) is 0 Å². The zero-order valence-corrected chi connectivity index (χ0v) is 14.9. The summed E-state index contributed by atoms with van der Waals surface area (Å²) >= 11 is 0. The number of halogens is 1. The number of nitrogens with one attached hydrogen (secondary N) is 1. The Kier molecular flexibility index (Phi) is 4.69. The first-order valence-corrected chi connectivity index (χ1v) is 7.12. The normalized spacial score (nSPS) is 15.8. The topological polar surface area (TPSA) is 36.3 Å². The first-order chi connectivity index (χ1) is 9.04. The summed E-state index contributed by atoms with van der Waals surface area (Å²) in [5, 5.41) is 8.26. The number of hydrogen-bond donors (Lipinski definition) is 1. The van der Waals surface area contributed by atoms with Gasteiger partial charge in [0.05, 0.1) is 6.61 Å². The number of ether oxygens (including phenoxy) is 1. The van der Waals surface area contributed by atoms with Crippen molar-refractivity contribution in [3.05, 3.63) is 28.8 Å². The van der Waals surface area contributed by atoms with Gasteiger partial charge in [0, 0.05) is 36.2 Å². The molecule has 0 fully saturated rings. The van der Waals surface area contributed by atoms with Crippen molar-refractivity contribution < 1.29 is 4.74 Å². The van der Waals surface area contributed by atoms with Crippen molar-refractivity contribution in [2.45, 2.75) is 45.4 Å². The average molecular weight is 311 g/mol. The summed E-state index contributed by atoms with van der Waals surface area (Å²) in [6.45, 7) is 11.7. The van der Waals surface area contributed by atoms with E-state index in [1.807, 2.05) is 19.0 Å². The lowest BCUT2D eigenvalue weighted by atomic mass is 9.79. The summed E-state index contributed by atoms with van der Waals surface area (Å²) in [7, 11) is 3.82. The van der Waals surface area contributed by atoms with Crippen LogP contribution >= 0.6 is 12.4 Å². The van der Waals surface area contributed by atoms with Crippen LogP contribution < -0.4 is 4.74 Å². The van der Waals surface area contributed by atoms with E-state index in [2.05, 4.69) is 46.8 Å². The highest BCUT2D eigenvalue weighted by atomic mass is 35.5. The minimum Gasteiger partial charge on any atom is -0.492 e. The Labute approximate surface area is 134 Å². The van der Waals surface area contributed by atoms with Crippen LogP contribution in [-0.4, -0.2) is 31.4 Å². The second-order valence-corrected chi connectivity index (χ2v) is 7.57. The molecule has 4 heteroatoms. The summed E-state index contributed by atoms with van der Waals surface area (Å²) in [6.07, 6.45) is 0. The Morgan fingerprint density at radius 1 is 1.24 bits per heavy atom. The SMILES string of the molecule is CN(C)C(=N)c1cc(C(C)(C)C)c2c(c1)C(C)(C)CO2.Cl. The van der Waals surface area contributed by atoms with E-state index in [1.165, 1.54) is 11.1 Å². The molecule has 1 heterocycles. The Morgan fingerprint density at radius 2 is 1.81 bits per heavy atom. The van der Waals surface area contributed by atoms with Gasteiger partial charge in [-0.05, 0) is 17.5 Å². The molecule has 2 rings (SSSR count). The highest BCUT2D eigenvalue weighted by Gasteiger charge is 2.36. The van der Waals surface area contributed by atoms with Crippen molar-refractivity contribution >= 4 is 18.2 Å². The molecule has 0 atom stereocenters. The maximum absolute atomic E-state index is 8.26. The van der Waals surface area contributed by atoms with E-state index in [9.17, 15) is 0 Å². The third-order valence-corrected chi connectivity index (χ3v) is 3.92. The maximum Gasteiger partial charge on any atom is 0.127 e. The standard InChI is InChI=1S/C17H26N2O.ClH/c1-16(2,3)12-8-11(15(18)19(6)7)9-13-14(12)20-10-17(13,4)5;/h8-9,18H,10H2,1-7H3;1H. The minimum absolute atomic E-state index is 0. The van der Waals surface area contributed by atoms with Gasteiger partial charge >= 0.3 is 0 Å². The van der Waals surface area contributed by atoms with Gasteiger partial charge in [-0.15, -0.1) is 12.4 Å². The maximum atomic E-state index is 8.26. The lowest BCUT2D eigenvalue weighted by Crippen LogP contribution is -2.24. The monoisotopic (exact) mass is 310 g/mol. The molecule has 0 unspecified atom stereocenters. The zero-order valence-electron chi connectivity index (χ0n) is 14.1. The molecule has 3 nitrogen and oxygen atoms in total. The third-order valence-electron chi connectivity index (χ3n) is 3.92. The summed E-state index contributed by atoms with van der Waals surface area (Å²) in [5.41, 5.74) is 3.41. The summed E-state index contributed by atoms with van der Waals surface area (Å²) in [5.74, 6) is 1.57. The largest absolute Gasteiger partial charge is 0.492 e. The van der Waals surface area contributed by atoms with Crippen LogP contribution in [0, 0.1) is 5.41 Å². The zero-order chi connectivity index (χ0) is 15.3. The predicted molar refractivity (Wildman–Crippen MR) is 91.4 cm³/mol. The molecule has 1 aromatic rings. The first kappa shape index (κ1) is 17.8. The first-order valence-electron chi connectivity index (χ1n) is 7.12. The van der Waals surface area contributed by atoms with E-state index in [4.69, 9.17) is 10.1 Å². The summed E-state index contributed by atoms with van der Waals surface area (Å²) < 4.78 is 5.98. The van der Waals surface area contributed by atoms with Crippen LogP contribution in [0.5, 0.6) is 5.75 Å². The molecular formula is C17H27ClN2O. The molecule has 1 N–H and O–H groups in total. The van der Waals surface area contributed by atoms with Crippen LogP contribution in [0.15, 0.2) is 12.1 Å². The Morgan fingerprint density at radius 3 is 2.29 bits per heavy atom. The van der Waals surface area contributed by atoms with Crippen LogP contribution in [0.4, 0.5) is 0 Å². The van der Waals surface area contributed by atoms with E-state index in [-0.39, 0.29) is 23.2 Å². The molecule has 118 valence electrons. The van der Waals surface area contributed by atoms with Crippen molar-refractivity contribution in [3.8, 4) is 5.75 Å². The number of rotatable bonds is 1. The fourth-order valence-electron chi connectivity index (χ4n) is 2.57. The van der Waals surface area contributed by atoms with Gasteiger partial charge < -0.3 is 9.64 Å². The van der Waals surface area contributed by atoms with Crippen LogP contribution in [0.1, 0.15) is 51.3 Å². The Bertz CT molecular complexity index is 557. The van der Waals surface area contributed by atoms with Gasteiger partial charge in [0.2, 0.25) is 0 Å². The fourth-order valence-corrected chi connectivity index (χ4v) is 2.57. The molecule has 0 aliphatic carbocycles. The van der Waals surface area contributed by atoms with E-state index >= 15 is 0 Å². The molecule has 1 aromatic carbocycles. The van der Waals surface area contributed by atoms with Crippen LogP contribution in [0.2, 0.25) is 0 Å². The number of benzene rings is 1. The van der Waals surface area contributed by atoms with Crippen molar-refractivity contribution in [3.63, 3.8) is 0 Å². The highest BCUT2D eigenvalue weighted by molar-refractivity contribution is 5.97. The number of hydrogen-bond acceptors (Lipinski definition) is 2. The summed E-state index contributed by atoms with van der Waals surface area (Å²) in [4.78, 5) is 1.84. The van der Waals surface area contributed by atoms with E-state index < -0.39 is 0 Å². The van der Waals surface area contributed by atoms with E-state index in [1.54, 1.807) is 0 Å². The molecule has 0 bridgehead atoms. The molecule has 0 spiro atoms. The molecule has 0 saturated heterocycles. The van der Waals surface area contributed by atoms with Crippen molar-refractivity contribution in [2.24, 2.45) is 0 Å². The molecule has 0 radical (unpaired) electrons. The quantitative estimate of drug-likeness (QED) is 0.629. The predicted octanol–water partition coefficient (Wildman–Crippen LogP) is 3.96. The average Bonchev–Trinajstić information content (AvgIpc) is 2.62. The van der Waals surface area contributed by atoms with Gasteiger partial charge in [-0.25, -0.2) is 0 Å². The van der Waals surface area contributed by atoms with Crippen LogP contribution in [0.3, 0.4) is 0 Å². The smallest absolute Gasteiger partial charge is 0.127 e. The second kappa shape index (κ2) is 5.53. The lowest BCUT2D eigenvalue weighted by molar-refractivity contribution is 0.286. The van der Waals surface area contributed by atoms with Crippen molar-refractivity contribution in [2.75, 3.05) is 20.7 Å². The Hall–Kier alpha value is -1.22. The number of nitrogens with zero attached hydrogens (tertiary/aromatic N) is 1. The molecular weight excluding hydrogens is 284 g/mol.